The van der Waals surface area contributed by atoms with Gasteiger partial charge < -0.3 is 9.88 Å². The third-order valence-electron chi connectivity index (χ3n) is 5.95. The topological polar surface area (TPSA) is 78.4 Å². The van der Waals surface area contributed by atoms with Crippen LogP contribution >= 0.6 is 0 Å². The van der Waals surface area contributed by atoms with Gasteiger partial charge in [-0.1, -0.05) is 12.7 Å². The summed E-state index contributed by atoms with van der Waals surface area (Å²) in [5.41, 5.74) is 4.80. The number of aromatic nitrogens is 6. The van der Waals surface area contributed by atoms with E-state index in [0.717, 1.165) is 62.9 Å². The molecule has 31 heavy (non-hydrogen) atoms. The minimum Gasteiger partial charge on any atom is -0.356 e. The second-order valence-corrected chi connectivity index (χ2v) is 8.09. The van der Waals surface area contributed by atoms with Gasteiger partial charge in [-0.05, 0) is 50.0 Å². The first-order chi connectivity index (χ1) is 15.1. The van der Waals surface area contributed by atoms with Crippen LogP contribution in [-0.2, 0) is 7.05 Å². The van der Waals surface area contributed by atoms with Crippen LogP contribution in [0.3, 0.4) is 0 Å². The van der Waals surface area contributed by atoms with Crippen LogP contribution in [-0.4, -0.2) is 43.0 Å². The number of nitrogens with one attached hydrogen (secondary N) is 2. The lowest BCUT2D eigenvalue weighted by molar-refractivity contribution is 0.575. The molecule has 0 amide bonds. The van der Waals surface area contributed by atoms with Gasteiger partial charge in [-0.3, -0.25) is 9.78 Å². The number of anilines is 1. The highest BCUT2D eigenvalue weighted by Gasteiger charge is 2.17. The normalized spacial score (nSPS) is 15.9. The van der Waals surface area contributed by atoms with E-state index >= 15 is 0 Å². The molecular weight excluding hydrogens is 386 g/mol. The fourth-order valence-corrected chi connectivity index (χ4v) is 4.30. The molecule has 1 saturated heterocycles. The van der Waals surface area contributed by atoms with Crippen molar-refractivity contribution in [2.75, 3.05) is 18.0 Å². The molecular formula is C24H27N7. The summed E-state index contributed by atoms with van der Waals surface area (Å²) < 4.78 is 1.78. The number of rotatable bonds is 4. The van der Waals surface area contributed by atoms with E-state index in [1.807, 2.05) is 44.7 Å². The van der Waals surface area contributed by atoms with Crippen LogP contribution in [0.25, 0.3) is 40.0 Å². The van der Waals surface area contributed by atoms with Crippen molar-refractivity contribution in [2.45, 2.75) is 26.2 Å². The molecule has 7 heteroatoms. The molecule has 5 heterocycles. The Hall–Kier alpha value is -3.61. The van der Waals surface area contributed by atoms with Gasteiger partial charge in [0.1, 0.15) is 11.5 Å². The van der Waals surface area contributed by atoms with Crippen LogP contribution in [0.4, 0.5) is 5.82 Å². The van der Waals surface area contributed by atoms with Crippen LogP contribution in [0.15, 0.2) is 37.3 Å². The highest BCUT2D eigenvalue weighted by molar-refractivity contribution is 5.94. The molecule has 4 aromatic rings. The van der Waals surface area contributed by atoms with Crippen LogP contribution in [0.5, 0.6) is 0 Å². The van der Waals surface area contributed by atoms with Crippen molar-refractivity contribution in [1.82, 2.24) is 29.9 Å². The molecule has 0 aromatic carbocycles. The molecule has 1 aliphatic rings. The maximum atomic E-state index is 4.71. The highest BCUT2D eigenvalue weighted by Crippen LogP contribution is 2.29. The number of fused-ring (bicyclic) bond motifs is 1. The average Bonchev–Trinajstić information content (AvgIpc) is 3.51. The zero-order chi connectivity index (χ0) is 21.4. The van der Waals surface area contributed by atoms with Gasteiger partial charge in [0.15, 0.2) is 0 Å². The van der Waals surface area contributed by atoms with Gasteiger partial charge in [0.2, 0.25) is 0 Å². The third kappa shape index (κ3) is 3.56. The smallest absolute Gasteiger partial charge is 0.137 e. The summed E-state index contributed by atoms with van der Waals surface area (Å²) >= 11 is 0. The number of aromatic amines is 2. The van der Waals surface area contributed by atoms with E-state index in [0.29, 0.717) is 0 Å². The molecule has 1 fully saturated rings. The molecule has 7 nitrogen and oxygen atoms in total. The lowest BCUT2D eigenvalue weighted by atomic mass is 10.1. The lowest BCUT2D eigenvalue weighted by Gasteiger charge is -2.28. The number of nitrogens with zero attached hydrogens (tertiary/aromatic N) is 5. The second-order valence-electron chi connectivity index (χ2n) is 8.09. The van der Waals surface area contributed by atoms with Crippen molar-refractivity contribution in [1.29, 1.82) is 0 Å². The summed E-state index contributed by atoms with van der Waals surface area (Å²) in [5, 5.41) is 15.2. The van der Waals surface area contributed by atoms with E-state index in [-0.39, 0.29) is 0 Å². The standard InChI is InChI=1S/C24H27N7/c1-4-20-18(12-16(2)17-14-26-30(3)15-17)23(29-28-20)22-13-19-21(27-22)8-9-25-24(19)31-10-6-5-7-11-31/h4,8-9,12-15,27-28H,2,5-7,10-11H2,1,3H3/b18-12+,20-4+. The maximum Gasteiger partial charge on any atom is 0.137 e. The van der Waals surface area contributed by atoms with Gasteiger partial charge >= 0.3 is 0 Å². The van der Waals surface area contributed by atoms with E-state index in [2.05, 4.69) is 43.9 Å². The third-order valence-corrected chi connectivity index (χ3v) is 5.95. The van der Waals surface area contributed by atoms with Gasteiger partial charge in [0.25, 0.3) is 0 Å². The fourth-order valence-electron chi connectivity index (χ4n) is 4.30. The summed E-state index contributed by atoms with van der Waals surface area (Å²) in [7, 11) is 1.91. The molecule has 0 bridgehead atoms. The first-order valence-corrected chi connectivity index (χ1v) is 10.8. The summed E-state index contributed by atoms with van der Waals surface area (Å²) in [6.07, 6.45) is 13.5. The minimum absolute atomic E-state index is 0.874. The summed E-state index contributed by atoms with van der Waals surface area (Å²) in [5.74, 6) is 1.06. The zero-order valence-electron chi connectivity index (χ0n) is 18.0. The molecule has 1 aliphatic heterocycles. The average molecular weight is 414 g/mol. The Morgan fingerprint density at radius 1 is 1.23 bits per heavy atom. The van der Waals surface area contributed by atoms with E-state index in [9.17, 15) is 0 Å². The van der Waals surface area contributed by atoms with Gasteiger partial charge in [0, 0.05) is 48.7 Å². The quantitative estimate of drug-likeness (QED) is 0.539. The summed E-state index contributed by atoms with van der Waals surface area (Å²) in [4.78, 5) is 10.7. The first-order valence-electron chi connectivity index (χ1n) is 10.8. The molecule has 0 atom stereocenters. The fraction of sp³-hybridized carbons (Fsp3) is 0.292. The van der Waals surface area contributed by atoms with Crippen LogP contribution in [0.2, 0.25) is 0 Å². The molecule has 0 saturated carbocycles. The summed E-state index contributed by atoms with van der Waals surface area (Å²) in [6, 6.07) is 4.20. The van der Waals surface area contributed by atoms with Crippen molar-refractivity contribution >= 4 is 34.4 Å². The maximum absolute atomic E-state index is 4.71. The van der Waals surface area contributed by atoms with Gasteiger partial charge in [-0.25, -0.2) is 4.98 Å². The Bertz CT molecular complexity index is 1360. The molecule has 0 unspecified atom stereocenters. The highest BCUT2D eigenvalue weighted by atomic mass is 15.2. The van der Waals surface area contributed by atoms with Crippen molar-refractivity contribution in [3.8, 4) is 11.4 Å². The molecule has 5 rings (SSSR count). The molecule has 0 spiro atoms. The Labute approximate surface area is 180 Å². The van der Waals surface area contributed by atoms with Gasteiger partial charge in [-0.15, -0.1) is 0 Å². The summed E-state index contributed by atoms with van der Waals surface area (Å²) in [6.45, 7) is 8.38. The number of allylic oxidation sites excluding steroid dienone is 1. The van der Waals surface area contributed by atoms with E-state index < -0.39 is 0 Å². The molecule has 2 N–H and O–H groups in total. The number of hydrogen-bond donors (Lipinski definition) is 2. The Balaban J connectivity index is 1.62. The predicted molar refractivity (Wildman–Crippen MR) is 126 cm³/mol. The van der Waals surface area contributed by atoms with Crippen LogP contribution < -0.4 is 15.5 Å². The number of H-pyrrole nitrogens is 2. The van der Waals surface area contributed by atoms with Crippen molar-refractivity contribution in [3.05, 3.63) is 53.4 Å². The van der Waals surface area contributed by atoms with Crippen molar-refractivity contribution in [3.63, 3.8) is 0 Å². The number of hydrogen-bond acceptors (Lipinski definition) is 4. The second kappa shape index (κ2) is 7.91. The largest absolute Gasteiger partial charge is 0.356 e. The molecule has 0 aliphatic carbocycles. The lowest BCUT2D eigenvalue weighted by Crippen LogP contribution is -2.30. The van der Waals surface area contributed by atoms with Gasteiger partial charge in [-0.2, -0.15) is 10.2 Å². The number of pyridine rings is 1. The monoisotopic (exact) mass is 413 g/mol. The Morgan fingerprint density at radius 2 is 2.06 bits per heavy atom. The number of aryl methyl sites for hydroxylation is 1. The number of piperidine rings is 1. The molecule has 158 valence electrons. The Kier molecular flexibility index (Phi) is 4.94. The first kappa shape index (κ1) is 19.4. The SMILES string of the molecule is C=C(/C=c1/c(-c2cc3c(N4CCCCC4)nccc3[nH]2)n[nH]/c1=C/C)c1cnn(C)c1. The van der Waals surface area contributed by atoms with Crippen molar-refractivity contribution in [2.24, 2.45) is 7.05 Å². The van der Waals surface area contributed by atoms with Crippen molar-refractivity contribution < 1.29 is 0 Å². The van der Waals surface area contributed by atoms with Crippen LogP contribution in [0.1, 0.15) is 31.7 Å². The minimum atomic E-state index is 0.874. The predicted octanol–water partition coefficient (Wildman–Crippen LogP) is 2.97. The molecule has 4 aromatic heterocycles. The Morgan fingerprint density at radius 3 is 2.81 bits per heavy atom. The van der Waals surface area contributed by atoms with E-state index in [1.54, 1.807) is 4.68 Å². The molecule has 0 radical (unpaired) electrons. The van der Waals surface area contributed by atoms with E-state index in [4.69, 9.17) is 4.98 Å². The van der Waals surface area contributed by atoms with Crippen LogP contribution in [0, 0.1) is 0 Å². The van der Waals surface area contributed by atoms with Gasteiger partial charge in [0.05, 0.1) is 22.8 Å². The van der Waals surface area contributed by atoms with E-state index in [1.165, 1.54) is 19.3 Å². The zero-order valence-corrected chi connectivity index (χ0v) is 18.0.